The van der Waals surface area contributed by atoms with Gasteiger partial charge in [0.15, 0.2) is 0 Å². The second-order valence-electron chi connectivity index (χ2n) is 7.13. The number of likely N-dealkylation sites (tertiary alicyclic amines) is 2. The highest BCUT2D eigenvalue weighted by molar-refractivity contribution is 5.96. The van der Waals surface area contributed by atoms with Crippen molar-refractivity contribution in [2.75, 3.05) is 39.3 Å². The van der Waals surface area contributed by atoms with Crippen molar-refractivity contribution in [1.82, 2.24) is 20.3 Å². The summed E-state index contributed by atoms with van der Waals surface area (Å²) in [7, 11) is 0. The fraction of sp³-hybridized carbons (Fsp3) is 0.722. The molecular formula is C18H28N4O3. The fourth-order valence-corrected chi connectivity index (χ4v) is 3.77. The van der Waals surface area contributed by atoms with E-state index in [1.807, 2.05) is 0 Å². The maximum Gasteiger partial charge on any atom is 0.259 e. The summed E-state index contributed by atoms with van der Waals surface area (Å²) in [5, 5.41) is 6.88. The molecular weight excluding hydrogens is 320 g/mol. The summed E-state index contributed by atoms with van der Waals surface area (Å²) in [5.74, 6) is 0.397. The van der Waals surface area contributed by atoms with Gasteiger partial charge in [-0.25, -0.2) is 0 Å². The zero-order valence-corrected chi connectivity index (χ0v) is 15.2. The highest BCUT2D eigenvalue weighted by Gasteiger charge is 2.33. The number of hydrogen-bond acceptors (Lipinski definition) is 5. The lowest BCUT2D eigenvalue weighted by Gasteiger charge is -2.26. The molecule has 0 radical (unpaired) electrons. The Bertz CT molecular complexity index is 602. The molecule has 1 aromatic heterocycles. The molecule has 2 amide bonds. The van der Waals surface area contributed by atoms with Crippen LogP contribution in [0.25, 0.3) is 0 Å². The number of aromatic nitrogens is 1. The number of carbonyl (C=O) groups is 2. The minimum Gasteiger partial charge on any atom is -0.361 e. The van der Waals surface area contributed by atoms with E-state index in [4.69, 9.17) is 4.52 Å². The van der Waals surface area contributed by atoms with Gasteiger partial charge in [0.25, 0.3) is 5.91 Å². The molecule has 7 nitrogen and oxygen atoms in total. The van der Waals surface area contributed by atoms with Crippen LogP contribution in [0.5, 0.6) is 0 Å². The number of amides is 2. The number of nitrogens with one attached hydrogen (secondary N) is 1. The molecule has 3 heterocycles. The first-order valence-corrected chi connectivity index (χ1v) is 9.28. The lowest BCUT2D eigenvalue weighted by atomic mass is 10.1. The van der Waals surface area contributed by atoms with Gasteiger partial charge in [0.05, 0.1) is 11.6 Å². The third-order valence-electron chi connectivity index (χ3n) is 5.27. The van der Waals surface area contributed by atoms with Gasteiger partial charge in [-0.2, -0.15) is 0 Å². The lowest BCUT2D eigenvalue weighted by Crippen LogP contribution is -2.40. The summed E-state index contributed by atoms with van der Waals surface area (Å²) in [4.78, 5) is 29.1. The minimum atomic E-state index is -0.120. The van der Waals surface area contributed by atoms with E-state index in [9.17, 15) is 9.59 Å². The third kappa shape index (κ3) is 4.21. The molecule has 7 heteroatoms. The van der Waals surface area contributed by atoms with E-state index >= 15 is 0 Å². The van der Waals surface area contributed by atoms with E-state index in [-0.39, 0.29) is 17.7 Å². The summed E-state index contributed by atoms with van der Waals surface area (Å²) in [6.45, 7) is 8.47. The highest BCUT2D eigenvalue weighted by atomic mass is 16.5. The van der Waals surface area contributed by atoms with Crippen molar-refractivity contribution in [2.24, 2.45) is 5.92 Å². The second-order valence-corrected chi connectivity index (χ2v) is 7.13. The average Bonchev–Trinajstić information content (AvgIpc) is 3.23. The molecule has 0 aliphatic carbocycles. The van der Waals surface area contributed by atoms with E-state index in [2.05, 4.69) is 15.4 Å². The van der Waals surface area contributed by atoms with E-state index in [1.165, 1.54) is 19.3 Å². The SMILES string of the molecule is Cc1noc(C)c1C(=O)N1CCC(C(=O)NCCN2CCCCC2)C1. The van der Waals surface area contributed by atoms with E-state index in [0.717, 1.165) is 19.6 Å². The maximum atomic E-state index is 12.6. The Morgan fingerprint density at radius 2 is 1.96 bits per heavy atom. The van der Waals surface area contributed by atoms with Crippen LogP contribution < -0.4 is 5.32 Å². The first kappa shape index (κ1) is 17.9. The van der Waals surface area contributed by atoms with E-state index in [1.54, 1.807) is 18.7 Å². The molecule has 1 unspecified atom stereocenters. The molecule has 0 bridgehead atoms. The largest absolute Gasteiger partial charge is 0.361 e. The molecule has 1 aromatic rings. The van der Waals surface area contributed by atoms with Crippen molar-refractivity contribution in [3.63, 3.8) is 0 Å². The van der Waals surface area contributed by atoms with Gasteiger partial charge in [0, 0.05) is 26.2 Å². The summed E-state index contributed by atoms with van der Waals surface area (Å²) >= 11 is 0. The normalized spacial score (nSPS) is 21.5. The standard InChI is InChI=1S/C18H28N4O3/c1-13-16(14(2)25-20-13)18(24)22-10-6-15(12-22)17(23)19-7-11-21-8-4-3-5-9-21/h15H,3-12H2,1-2H3,(H,19,23). The van der Waals surface area contributed by atoms with Crippen LogP contribution in [0.15, 0.2) is 4.52 Å². The van der Waals surface area contributed by atoms with E-state index < -0.39 is 0 Å². The van der Waals surface area contributed by atoms with Crippen molar-refractivity contribution in [2.45, 2.75) is 39.5 Å². The van der Waals surface area contributed by atoms with Gasteiger partial charge >= 0.3 is 0 Å². The monoisotopic (exact) mass is 348 g/mol. The molecule has 0 saturated carbocycles. The van der Waals surface area contributed by atoms with Crippen LogP contribution in [0.3, 0.4) is 0 Å². The van der Waals surface area contributed by atoms with Crippen molar-refractivity contribution in [1.29, 1.82) is 0 Å². The van der Waals surface area contributed by atoms with Crippen molar-refractivity contribution in [3.05, 3.63) is 17.0 Å². The second kappa shape index (κ2) is 7.99. The number of aryl methyl sites for hydroxylation is 2. The first-order valence-electron chi connectivity index (χ1n) is 9.28. The Kier molecular flexibility index (Phi) is 5.73. The Labute approximate surface area is 148 Å². The van der Waals surface area contributed by atoms with Crippen LogP contribution in [0, 0.1) is 19.8 Å². The van der Waals surface area contributed by atoms with Crippen LogP contribution >= 0.6 is 0 Å². The average molecular weight is 348 g/mol. The van der Waals surface area contributed by atoms with E-state index in [0.29, 0.717) is 43.1 Å². The maximum absolute atomic E-state index is 12.6. The molecule has 2 aliphatic rings. The van der Waals surface area contributed by atoms with Crippen LogP contribution in [0.1, 0.15) is 47.5 Å². The molecule has 1 atom stereocenters. The zero-order valence-electron chi connectivity index (χ0n) is 15.2. The Balaban J connectivity index is 1.45. The number of nitrogens with zero attached hydrogens (tertiary/aromatic N) is 3. The molecule has 138 valence electrons. The van der Waals surface area contributed by atoms with Gasteiger partial charge < -0.3 is 19.6 Å². The van der Waals surface area contributed by atoms with Crippen LogP contribution in [-0.4, -0.2) is 66.0 Å². The zero-order chi connectivity index (χ0) is 17.8. The molecule has 1 N–H and O–H groups in total. The molecule has 0 spiro atoms. The Morgan fingerprint density at radius 1 is 1.20 bits per heavy atom. The quantitative estimate of drug-likeness (QED) is 0.869. The smallest absolute Gasteiger partial charge is 0.259 e. The Morgan fingerprint density at radius 3 is 2.64 bits per heavy atom. The predicted octanol–water partition coefficient (Wildman–Crippen LogP) is 1.36. The number of hydrogen-bond donors (Lipinski definition) is 1. The molecule has 2 aliphatic heterocycles. The van der Waals surface area contributed by atoms with Gasteiger partial charge in [-0.3, -0.25) is 9.59 Å². The van der Waals surface area contributed by atoms with Crippen molar-refractivity contribution >= 4 is 11.8 Å². The fourth-order valence-electron chi connectivity index (χ4n) is 3.77. The predicted molar refractivity (Wildman–Crippen MR) is 93.3 cm³/mol. The lowest BCUT2D eigenvalue weighted by molar-refractivity contribution is -0.124. The van der Waals surface area contributed by atoms with Gasteiger partial charge in [0.2, 0.25) is 5.91 Å². The highest BCUT2D eigenvalue weighted by Crippen LogP contribution is 2.22. The molecule has 2 fully saturated rings. The van der Waals surface area contributed by atoms with Crippen LogP contribution in [0.4, 0.5) is 0 Å². The Hall–Kier alpha value is -1.89. The number of piperidine rings is 1. The third-order valence-corrected chi connectivity index (χ3v) is 5.27. The van der Waals surface area contributed by atoms with Crippen LogP contribution in [0.2, 0.25) is 0 Å². The van der Waals surface area contributed by atoms with Gasteiger partial charge in [-0.1, -0.05) is 11.6 Å². The molecule has 0 aromatic carbocycles. The summed E-state index contributed by atoms with van der Waals surface area (Å²) in [6, 6.07) is 0. The van der Waals surface area contributed by atoms with Crippen molar-refractivity contribution in [3.8, 4) is 0 Å². The summed E-state index contributed by atoms with van der Waals surface area (Å²) < 4.78 is 5.08. The number of rotatable bonds is 5. The minimum absolute atomic E-state index is 0.0612. The molecule has 3 rings (SSSR count). The summed E-state index contributed by atoms with van der Waals surface area (Å²) in [6.07, 6.45) is 4.55. The van der Waals surface area contributed by atoms with Gasteiger partial charge in [-0.05, 0) is 46.2 Å². The topological polar surface area (TPSA) is 78.7 Å². The van der Waals surface area contributed by atoms with Crippen LogP contribution in [-0.2, 0) is 4.79 Å². The first-order chi connectivity index (χ1) is 12.1. The van der Waals surface area contributed by atoms with Gasteiger partial charge in [0.1, 0.15) is 11.3 Å². The molecule has 2 saturated heterocycles. The summed E-state index contributed by atoms with van der Waals surface area (Å²) in [5.41, 5.74) is 1.14. The number of carbonyl (C=O) groups excluding carboxylic acids is 2. The van der Waals surface area contributed by atoms with Crippen molar-refractivity contribution < 1.29 is 14.1 Å². The molecule has 25 heavy (non-hydrogen) atoms. The van der Waals surface area contributed by atoms with Gasteiger partial charge in [-0.15, -0.1) is 0 Å².